The largest absolute Gasteiger partial charge is 0.364 e. The number of carbonyl (C=O) groups excluding carboxylic acids is 1. The number of halogens is 1. The standard InChI is InChI=1S/C10H12ClN5O3/c11-9-8(16(18)19)10(14-5-13-9)12-4-3-7(17)15-6-1-2-6/h5-6H,1-4H2,(H,15,17)(H,12,13,14). The predicted molar refractivity (Wildman–Crippen MR) is 68.0 cm³/mol. The van der Waals surface area contributed by atoms with Crippen molar-refractivity contribution >= 4 is 29.0 Å². The highest BCUT2D eigenvalue weighted by atomic mass is 35.5. The smallest absolute Gasteiger partial charge is 0.348 e. The second kappa shape index (κ2) is 5.79. The Morgan fingerprint density at radius 3 is 2.89 bits per heavy atom. The number of hydrogen-bond acceptors (Lipinski definition) is 6. The topological polar surface area (TPSA) is 110 Å². The summed E-state index contributed by atoms with van der Waals surface area (Å²) in [6.45, 7) is 0.243. The van der Waals surface area contributed by atoms with Gasteiger partial charge in [-0.05, 0) is 12.8 Å². The molecule has 19 heavy (non-hydrogen) atoms. The van der Waals surface area contributed by atoms with E-state index in [0.717, 1.165) is 19.2 Å². The molecule has 1 aromatic heterocycles. The van der Waals surface area contributed by atoms with E-state index in [9.17, 15) is 14.9 Å². The molecule has 0 aliphatic heterocycles. The van der Waals surface area contributed by atoms with Crippen LogP contribution >= 0.6 is 11.6 Å². The predicted octanol–water partition coefficient (Wildman–Crippen LogP) is 1.12. The number of rotatable bonds is 6. The fraction of sp³-hybridized carbons (Fsp3) is 0.500. The molecule has 0 spiro atoms. The van der Waals surface area contributed by atoms with Gasteiger partial charge in [0, 0.05) is 19.0 Å². The summed E-state index contributed by atoms with van der Waals surface area (Å²) in [6.07, 6.45) is 3.38. The zero-order valence-corrected chi connectivity index (χ0v) is 10.7. The van der Waals surface area contributed by atoms with Gasteiger partial charge in [0.05, 0.1) is 4.92 Å². The highest BCUT2D eigenvalue weighted by Gasteiger charge is 2.24. The maximum Gasteiger partial charge on any atom is 0.348 e. The number of anilines is 1. The summed E-state index contributed by atoms with van der Waals surface area (Å²) < 4.78 is 0. The Morgan fingerprint density at radius 2 is 2.26 bits per heavy atom. The zero-order valence-electron chi connectivity index (χ0n) is 9.93. The van der Waals surface area contributed by atoms with Crippen LogP contribution in [0.15, 0.2) is 6.33 Å². The third-order valence-electron chi connectivity index (χ3n) is 2.55. The molecule has 2 N–H and O–H groups in total. The summed E-state index contributed by atoms with van der Waals surface area (Å²) in [6, 6.07) is 0.301. The van der Waals surface area contributed by atoms with Crippen LogP contribution in [-0.2, 0) is 4.79 Å². The van der Waals surface area contributed by atoms with Gasteiger partial charge in [-0.3, -0.25) is 14.9 Å². The number of nitrogens with one attached hydrogen (secondary N) is 2. The van der Waals surface area contributed by atoms with E-state index >= 15 is 0 Å². The first-order valence-corrected chi connectivity index (χ1v) is 6.14. The van der Waals surface area contributed by atoms with E-state index in [1.165, 1.54) is 0 Å². The summed E-state index contributed by atoms with van der Waals surface area (Å²) in [5.41, 5.74) is -0.383. The van der Waals surface area contributed by atoms with Crippen molar-refractivity contribution in [2.75, 3.05) is 11.9 Å². The Kier molecular flexibility index (Phi) is 4.10. The Bertz CT molecular complexity index is 506. The second-order valence-electron chi connectivity index (χ2n) is 4.14. The highest BCUT2D eigenvalue weighted by Crippen LogP contribution is 2.28. The monoisotopic (exact) mass is 285 g/mol. The number of carbonyl (C=O) groups is 1. The number of nitro groups is 1. The fourth-order valence-electron chi connectivity index (χ4n) is 1.47. The van der Waals surface area contributed by atoms with Gasteiger partial charge in [-0.25, -0.2) is 9.97 Å². The third kappa shape index (κ3) is 3.75. The molecule has 1 aliphatic rings. The van der Waals surface area contributed by atoms with Gasteiger partial charge in [-0.1, -0.05) is 11.6 Å². The van der Waals surface area contributed by atoms with Crippen molar-refractivity contribution < 1.29 is 9.72 Å². The maximum atomic E-state index is 11.4. The molecule has 2 rings (SSSR count). The van der Waals surface area contributed by atoms with Crippen LogP contribution in [0.2, 0.25) is 5.15 Å². The molecule has 9 heteroatoms. The molecular formula is C10H12ClN5O3. The average Bonchev–Trinajstić information content (AvgIpc) is 3.12. The minimum Gasteiger partial charge on any atom is -0.364 e. The Hall–Kier alpha value is -1.96. The van der Waals surface area contributed by atoms with Crippen LogP contribution in [0.4, 0.5) is 11.5 Å². The maximum absolute atomic E-state index is 11.4. The van der Waals surface area contributed by atoms with E-state index in [1.807, 2.05) is 0 Å². The molecule has 1 saturated carbocycles. The summed E-state index contributed by atoms with van der Waals surface area (Å²) in [7, 11) is 0. The SMILES string of the molecule is O=C(CCNc1ncnc(Cl)c1[N+](=O)[O-])NC1CC1. The number of amides is 1. The van der Waals surface area contributed by atoms with Crippen molar-refractivity contribution in [1.29, 1.82) is 0 Å². The Morgan fingerprint density at radius 1 is 1.53 bits per heavy atom. The number of aromatic nitrogens is 2. The van der Waals surface area contributed by atoms with E-state index in [2.05, 4.69) is 20.6 Å². The molecule has 0 aromatic carbocycles. The number of hydrogen-bond donors (Lipinski definition) is 2. The molecule has 1 fully saturated rings. The molecule has 102 valence electrons. The normalized spacial score (nSPS) is 13.9. The van der Waals surface area contributed by atoms with Crippen molar-refractivity contribution in [3.63, 3.8) is 0 Å². The van der Waals surface area contributed by atoms with Crippen LogP contribution in [-0.4, -0.2) is 33.4 Å². The van der Waals surface area contributed by atoms with Gasteiger partial charge in [0.25, 0.3) is 0 Å². The summed E-state index contributed by atoms with van der Waals surface area (Å²) in [4.78, 5) is 28.9. The first kappa shape index (κ1) is 13.5. The van der Waals surface area contributed by atoms with E-state index in [0.29, 0.717) is 6.04 Å². The molecule has 0 atom stereocenters. The van der Waals surface area contributed by atoms with E-state index in [1.54, 1.807) is 0 Å². The van der Waals surface area contributed by atoms with Crippen molar-refractivity contribution in [3.8, 4) is 0 Å². The lowest BCUT2D eigenvalue weighted by atomic mass is 10.3. The molecule has 0 saturated heterocycles. The Balaban J connectivity index is 1.89. The fourth-order valence-corrected chi connectivity index (χ4v) is 1.67. The van der Waals surface area contributed by atoms with Crippen molar-refractivity contribution in [2.45, 2.75) is 25.3 Å². The van der Waals surface area contributed by atoms with Gasteiger partial charge >= 0.3 is 5.69 Å². The molecular weight excluding hydrogens is 274 g/mol. The second-order valence-corrected chi connectivity index (χ2v) is 4.50. The lowest BCUT2D eigenvalue weighted by Gasteiger charge is -2.06. The Labute approximate surface area is 113 Å². The minimum absolute atomic E-state index is 0.0178. The van der Waals surface area contributed by atoms with Gasteiger partial charge in [-0.2, -0.15) is 0 Å². The molecule has 1 aromatic rings. The van der Waals surface area contributed by atoms with Gasteiger partial charge in [0.1, 0.15) is 6.33 Å². The van der Waals surface area contributed by atoms with E-state index < -0.39 is 4.92 Å². The van der Waals surface area contributed by atoms with Gasteiger partial charge < -0.3 is 10.6 Å². The third-order valence-corrected chi connectivity index (χ3v) is 2.82. The quantitative estimate of drug-likeness (QED) is 0.460. The van der Waals surface area contributed by atoms with E-state index in [-0.39, 0.29) is 35.5 Å². The van der Waals surface area contributed by atoms with E-state index in [4.69, 9.17) is 11.6 Å². The van der Waals surface area contributed by atoms with Crippen LogP contribution < -0.4 is 10.6 Å². The van der Waals surface area contributed by atoms with Gasteiger partial charge in [0.2, 0.25) is 16.9 Å². The van der Waals surface area contributed by atoms with Crippen LogP contribution in [0.5, 0.6) is 0 Å². The molecule has 1 heterocycles. The zero-order chi connectivity index (χ0) is 13.8. The summed E-state index contributed by atoms with van der Waals surface area (Å²) in [5, 5.41) is 16.1. The van der Waals surface area contributed by atoms with Gasteiger partial charge in [0.15, 0.2) is 0 Å². The highest BCUT2D eigenvalue weighted by molar-refractivity contribution is 6.31. The first-order valence-electron chi connectivity index (χ1n) is 5.76. The van der Waals surface area contributed by atoms with Crippen molar-refractivity contribution in [3.05, 3.63) is 21.6 Å². The van der Waals surface area contributed by atoms with Crippen LogP contribution in [0.25, 0.3) is 0 Å². The van der Waals surface area contributed by atoms with Crippen LogP contribution in [0, 0.1) is 10.1 Å². The number of nitrogens with zero attached hydrogens (tertiary/aromatic N) is 3. The van der Waals surface area contributed by atoms with Crippen molar-refractivity contribution in [2.24, 2.45) is 0 Å². The van der Waals surface area contributed by atoms with Crippen LogP contribution in [0.1, 0.15) is 19.3 Å². The molecule has 8 nitrogen and oxygen atoms in total. The average molecular weight is 286 g/mol. The molecule has 0 radical (unpaired) electrons. The van der Waals surface area contributed by atoms with Crippen LogP contribution in [0.3, 0.4) is 0 Å². The van der Waals surface area contributed by atoms with Gasteiger partial charge in [-0.15, -0.1) is 0 Å². The summed E-state index contributed by atoms with van der Waals surface area (Å²) in [5.74, 6) is -0.0676. The van der Waals surface area contributed by atoms with Crippen molar-refractivity contribution in [1.82, 2.24) is 15.3 Å². The molecule has 0 bridgehead atoms. The minimum atomic E-state index is -0.658. The molecule has 1 aliphatic carbocycles. The summed E-state index contributed by atoms with van der Waals surface area (Å²) >= 11 is 5.63. The molecule has 1 amide bonds. The molecule has 0 unspecified atom stereocenters. The lowest BCUT2D eigenvalue weighted by Crippen LogP contribution is -2.27. The first-order chi connectivity index (χ1) is 9.08. The lowest BCUT2D eigenvalue weighted by molar-refractivity contribution is -0.384.